The molecule has 0 amide bonds. The van der Waals surface area contributed by atoms with Crippen LogP contribution < -0.4 is 0 Å². The summed E-state index contributed by atoms with van der Waals surface area (Å²) in [5.74, 6) is 0. The second-order valence-electron chi connectivity index (χ2n) is 14.8. The molecule has 0 aliphatic heterocycles. The highest BCUT2D eigenvalue weighted by atomic mass is 15.0. The number of benzene rings is 9. The van der Waals surface area contributed by atoms with Crippen molar-refractivity contribution in [2.24, 2.45) is 0 Å². The molecule has 3 heterocycles. The van der Waals surface area contributed by atoms with Crippen LogP contribution in [0.1, 0.15) is 0 Å². The van der Waals surface area contributed by atoms with Gasteiger partial charge in [-0.05, 0) is 60.2 Å². The summed E-state index contributed by atoms with van der Waals surface area (Å²) < 4.78 is 7.40. The minimum Gasteiger partial charge on any atom is -0.309 e. The van der Waals surface area contributed by atoms with Gasteiger partial charge in [0.1, 0.15) is 0 Å². The first-order valence-electron chi connectivity index (χ1n) is 19.6. The molecule has 0 unspecified atom stereocenters. The molecule has 12 rings (SSSR count). The number of aromatic nitrogens is 3. The largest absolute Gasteiger partial charge is 0.309 e. The highest BCUT2D eigenvalue weighted by molar-refractivity contribution is 6.29. The molecular formula is C54H35N3. The lowest BCUT2D eigenvalue weighted by molar-refractivity contribution is 1.17. The van der Waals surface area contributed by atoms with Crippen molar-refractivity contribution < 1.29 is 0 Å². The van der Waals surface area contributed by atoms with Gasteiger partial charge in [0.2, 0.25) is 0 Å². The van der Waals surface area contributed by atoms with Gasteiger partial charge >= 0.3 is 0 Å². The number of nitrogens with zero attached hydrogens (tertiary/aromatic N) is 3. The van der Waals surface area contributed by atoms with Gasteiger partial charge in [-0.15, -0.1) is 0 Å². The molecule has 3 nitrogen and oxygen atoms in total. The van der Waals surface area contributed by atoms with E-state index in [0.29, 0.717) is 0 Å². The van der Waals surface area contributed by atoms with Gasteiger partial charge in [-0.3, -0.25) is 0 Å². The van der Waals surface area contributed by atoms with Crippen LogP contribution >= 0.6 is 0 Å². The predicted molar refractivity (Wildman–Crippen MR) is 240 cm³/mol. The van der Waals surface area contributed by atoms with Gasteiger partial charge in [0.15, 0.2) is 0 Å². The van der Waals surface area contributed by atoms with Crippen LogP contribution in [0.25, 0.3) is 105 Å². The molecule has 0 spiro atoms. The fourth-order valence-electron chi connectivity index (χ4n) is 9.55. The van der Waals surface area contributed by atoms with Crippen molar-refractivity contribution in [1.82, 2.24) is 13.7 Å². The van der Waals surface area contributed by atoms with Crippen molar-refractivity contribution >= 4 is 65.4 Å². The third kappa shape index (κ3) is 4.60. The minimum atomic E-state index is 1.15. The molecular weight excluding hydrogens is 691 g/mol. The summed E-state index contributed by atoms with van der Waals surface area (Å²) >= 11 is 0. The van der Waals surface area contributed by atoms with Gasteiger partial charge in [-0.25, -0.2) is 0 Å². The highest BCUT2D eigenvalue weighted by Gasteiger charge is 2.24. The molecule has 9 aromatic carbocycles. The molecule has 0 saturated heterocycles. The molecule has 57 heavy (non-hydrogen) atoms. The molecule has 0 aliphatic carbocycles. The van der Waals surface area contributed by atoms with Crippen LogP contribution in [0.3, 0.4) is 0 Å². The average Bonchev–Trinajstić information content (AvgIpc) is 3.93. The maximum absolute atomic E-state index is 2.50. The van der Waals surface area contributed by atoms with Crippen LogP contribution in [0.15, 0.2) is 212 Å². The van der Waals surface area contributed by atoms with Crippen LogP contribution in [-0.2, 0) is 0 Å². The number of hydrogen-bond acceptors (Lipinski definition) is 0. The van der Waals surface area contributed by atoms with Crippen LogP contribution in [0.4, 0.5) is 0 Å². The van der Waals surface area contributed by atoms with Gasteiger partial charge in [0.05, 0.1) is 44.5 Å². The number of fused-ring (bicyclic) bond motifs is 10. The normalized spacial score (nSPS) is 11.9. The van der Waals surface area contributed by atoms with Crippen LogP contribution in [0.2, 0.25) is 0 Å². The Bertz CT molecular complexity index is 3510. The molecule has 266 valence electrons. The summed E-state index contributed by atoms with van der Waals surface area (Å²) in [4.78, 5) is 0. The Hall–Kier alpha value is -7.62. The van der Waals surface area contributed by atoms with E-state index in [1.54, 1.807) is 0 Å². The number of para-hydroxylation sites is 7. The Morgan fingerprint density at radius 2 is 0.702 bits per heavy atom. The summed E-state index contributed by atoms with van der Waals surface area (Å²) in [5.41, 5.74) is 15.4. The van der Waals surface area contributed by atoms with Crippen molar-refractivity contribution in [2.75, 3.05) is 0 Å². The first-order chi connectivity index (χ1) is 28.3. The maximum atomic E-state index is 2.50. The molecule has 0 atom stereocenters. The van der Waals surface area contributed by atoms with Crippen LogP contribution in [0, 0.1) is 0 Å². The lowest BCUT2D eigenvalue weighted by atomic mass is 9.99. The van der Waals surface area contributed by atoms with Crippen molar-refractivity contribution in [2.45, 2.75) is 0 Å². The van der Waals surface area contributed by atoms with Crippen LogP contribution in [0.5, 0.6) is 0 Å². The van der Waals surface area contributed by atoms with Crippen LogP contribution in [-0.4, -0.2) is 13.7 Å². The van der Waals surface area contributed by atoms with E-state index in [9.17, 15) is 0 Å². The molecule has 12 aromatic rings. The second-order valence-corrected chi connectivity index (χ2v) is 14.8. The molecule has 0 aliphatic rings. The molecule has 0 N–H and O–H groups in total. The molecule has 0 fully saturated rings. The Morgan fingerprint density at radius 3 is 1.39 bits per heavy atom. The first kappa shape index (κ1) is 31.7. The van der Waals surface area contributed by atoms with Crippen molar-refractivity contribution in [3.63, 3.8) is 0 Å². The SMILES string of the molecule is c1ccc(-c2ccccc2-n2c3ccccc3c3cccc(-c4ccccc4-n4c5ccccc5c5c6c7ccccc7n(-c7ccccc7)c6ccc54)c32)cc1. The molecule has 0 radical (unpaired) electrons. The smallest absolute Gasteiger partial charge is 0.0620 e. The highest BCUT2D eigenvalue weighted by Crippen LogP contribution is 2.46. The van der Waals surface area contributed by atoms with Crippen molar-refractivity contribution in [1.29, 1.82) is 0 Å². The summed E-state index contributed by atoms with van der Waals surface area (Å²) in [6.45, 7) is 0. The maximum Gasteiger partial charge on any atom is 0.0620 e. The third-order valence-corrected chi connectivity index (χ3v) is 11.8. The molecule has 0 bridgehead atoms. The fourth-order valence-corrected chi connectivity index (χ4v) is 9.55. The second kappa shape index (κ2) is 12.5. The van der Waals surface area contributed by atoms with E-state index in [1.165, 1.54) is 87.7 Å². The molecule has 0 saturated carbocycles. The Labute approximate surface area is 329 Å². The summed E-state index contributed by atoms with van der Waals surface area (Å²) in [6.07, 6.45) is 0. The molecule has 3 heteroatoms. The zero-order chi connectivity index (χ0) is 37.5. The van der Waals surface area contributed by atoms with Gasteiger partial charge in [0.25, 0.3) is 0 Å². The van der Waals surface area contributed by atoms with E-state index in [-0.39, 0.29) is 0 Å². The zero-order valence-electron chi connectivity index (χ0n) is 31.0. The van der Waals surface area contributed by atoms with E-state index in [0.717, 1.165) is 17.1 Å². The summed E-state index contributed by atoms with van der Waals surface area (Å²) in [6, 6.07) is 77.3. The van der Waals surface area contributed by atoms with Gasteiger partial charge in [0, 0.05) is 54.7 Å². The quantitative estimate of drug-likeness (QED) is 0.168. The van der Waals surface area contributed by atoms with Gasteiger partial charge in [-0.2, -0.15) is 0 Å². The average molecular weight is 726 g/mol. The van der Waals surface area contributed by atoms with E-state index in [1.807, 2.05) is 0 Å². The molecule has 3 aromatic heterocycles. The summed E-state index contributed by atoms with van der Waals surface area (Å²) in [7, 11) is 0. The summed E-state index contributed by atoms with van der Waals surface area (Å²) in [5, 5.41) is 7.52. The Balaban J connectivity index is 1.18. The number of rotatable bonds is 5. The number of hydrogen-bond donors (Lipinski definition) is 0. The van der Waals surface area contributed by atoms with E-state index in [2.05, 4.69) is 226 Å². The van der Waals surface area contributed by atoms with Crippen molar-refractivity contribution in [3.05, 3.63) is 212 Å². The van der Waals surface area contributed by atoms with Crippen molar-refractivity contribution in [3.8, 4) is 39.3 Å². The van der Waals surface area contributed by atoms with Gasteiger partial charge in [-0.1, -0.05) is 158 Å². The van der Waals surface area contributed by atoms with E-state index in [4.69, 9.17) is 0 Å². The van der Waals surface area contributed by atoms with Gasteiger partial charge < -0.3 is 13.7 Å². The third-order valence-electron chi connectivity index (χ3n) is 11.8. The first-order valence-corrected chi connectivity index (χ1v) is 19.6. The fraction of sp³-hybridized carbons (Fsp3) is 0. The lowest BCUT2D eigenvalue weighted by Gasteiger charge is -2.18. The lowest BCUT2D eigenvalue weighted by Crippen LogP contribution is -2.01. The Kier molecular flexibility index (Phi) is 6.93. The van der Waals surface area contributed by atoms with E-state index < -0.39 is 0 Å². The predicted octanol–water partition coefficient (Wildman–Crippen LogP) is 14.3. The standard InChI is InChI=1S/C54H35N3/c1-3-18-36(19-4-1)38-22-7-12-29-45(38)57-47-31-14-9-24-40(47)42-28-17-27-41(54(42)57)39-23-8-13-30-46(39)56-49-33-16-11-26-44(49)53-51(56)35-34-50-52(53)43-25-10-15-32-48(43)55(50)37-20-5-2-6-21-37/h1-35H. The monoisotopic (exact) mass is 725 g/mol. The zero-order valence-corrected chi connectivity index (χ0v) is 31.0. The Morgan fingerprint density at radius 1 is 0.246 bits per heavy atom. The minimum absolute atomic E-state index is 1.15. The topological polar surface area (TPSA) is 14.8 Å². The van der Waals surface area contributed by atoms with E-state index >= 15 is 0 Å².